The SMILES string of the molecule is Cc1nc2c(F)cc(NC(=O)c3ccc(N4C[C@H](C)N[C@@H](C)C4)c4cnc(OCC5CCOC5)nc34)cn2n1. The van der Waals surface area contributed by atoms with Crippen LogP contribution in [0.3, 0.4) is 0 Å². The second-order valence-electron chi connectivity index (χ2n) is 10.4. The van der Waals surface area contributed by atoms with Crippen molar-refractivity contribution in [3.63, 3.8) is 0 Å². The molecule has 5 heterocycles. The summed E-state index contributed by atoms with van der Waals surface area (Å²) in [5.74, 6) is -0.293. The van der Waals surface area contributed by atoms with Crippen molar-refractivity contribution >= 4 is 33.8 Å². The van der Waals surface area contributed by atoms with Gasteiger partial charge in [0.2, 0.25) is 0 Å². The molecule has 0 bridgehead atoms. The van der Waals surface area contributed by atoms with E-state index in [2.05, 4.69) is 49.4 Å². The van der Waals surface area contributed by atoms with Crippen molar-refractivity contribution < 1.29 is 18.7 Å². The van der Waals surface area contributed by atoms with Gasteiger partial charge in [-0.1, -0.05) is 0 Å². The summed E-state index contributed by atoms with van der Waals surface area (Å²) in [4.78, 5) is 29.0. The first-order valence-corrected chi connectivity index (χ1v) is 13.2. The highest BCUT2D eigenvalue weighted by molar-refractivity contribution is 6.13. The average molecular weight is 535 g/mol. The minimum absolute atomic E-state index is 0.0991. The lowest BCUT2D eigenvalue weighted by atomic mass is 10.0. The number of ether oxygens (including phenoxy) is 2. The third-order valence-corrected chi connectivity index (χ3v) is 7.07. The fraction of sp³-hybridized carbons (Fsp3) is 0.444. The van der Waals surface area contributed by atoms with Crippen LogP contribution in [0.2, 0.25) is 0 Å². The Labute approximate surface area is 224 Å². The van der Waals surface area contributed by atoms with Crippen molar-refractivity contribution in [3.05, 3.63) is 47.8 Å². The van der Waals surface area contributed by atoms with E-state index < -0.39 is 11.7 Å². The molecule has 2 saturated heterocycles. The molecular weight excluding hydrogens is 503 g/mol. The van der Waals surface area contributed by atoms with E-state index in [0.717, 1.165) is 37.2 Å². The first-order valence-electron chi connectivity index (χ1n) is 13.2. The number of carbonyl (C=O) groups excluding carboxylic acids is 1. The van der Waals surface area contributed by atoms with Crippen LogP contribution >= 0.6 is 0 Å². The Bertz CT molecular complexity index is 1530. The zero-order chi connectivity index (χ0) is 27.1. The molecule has 3 atom stereocenters. The standard InChI is InChI=1S/C27H31FN8O3/c1-15-10-35(11-16(2)30-15)23-5-4-20(24-21(23)9-29-27(33-24)39-14-18-6-7-38-13-18)26(37)32-19-8-22(28)25-31-17(3)34-36(25)12-19/h4-5,8-9,12,15-16,18,30H,6-7,10-11,13-14H2,1-3H3,(H,32,37)/t15-,16-,18?/m0/s1. The normalized spacial score (nSPS) is 21.5. The second kappa shape index (κ2) is 10.3. The zero-order valence-electron chi connectivity index (χ0n) is 22.1. The van der Waals surface area contributed by atoms with Gasteiger partial charge in [-0.05, 0) is 39.3 Å². The fourth-order valence-corrected chi connectivity index (χ4v) is 5.37. The molecule has 11 nitrogen and oxygen atoms in total. The molecule has 2 aliphatic heterocycles. The lowest BCUT2D eigenvalue weighted by Gasteiger charge is -2.38. The number of piperazine rings is 1. The molecule has 12 heteroatoms. The van der Waals surface area contributed by atoms with Gasteiger partial charge in [0.15, 0.2) is 11.5 Å². The van der Waals surface area contributed by atoms with E-state index in [9.17, 15) is 9.18 Å². The fourth-order valence-electron chi connectivity index (χ4n) is 5.37. The quantitative estimate of drug-likeness (QED) is 0.385. The third-order valence-electron chi connectivity index (χ3n) is 7.07. The monoisotopic (exact) mass is 534 g/mol. The van der Waals surface area contributed by atoms with Gasteiger partial charge in [-0.15, -0.1) is 0 Å². The highest BCUT2D eigenvalue weighted by atomic mass is 19.1. The maximum absolute atomic E-state index is 14.6. The number of benzene rings is 1. The van der Waals surface area contributed by atoms with Gasteiger partial charge in [0, 0.05) is 61.0 Å². The molecule has 2 N–H and O–H groups in total. The number of nitrogens with one attached hydrogen (secondary N) is 2. The Morgan fingerprint density at radius 3 is 2.85 bits per heavy atom. The second-order valence-corrected chi connectivity index (χ2v) is 10.4. The Hall–Kier alpha value is -3.90. The number of carbonyl (C=O) groups is 1. The average Bonchev–Trinajstić information content (AvgIpc) is 3.55. The summed E-state index contributed by atoms with van der Waals surface area (Å²) in [6.45, 7) is 9.40. The summed E-state index contributed by atoms with van der Waals surface area (Å²) < 4.78 is 27.3. The number of amides is 1. The highest BCUT2D eigenvalue weighted by Crippen LogP contribution is 2.31. The zero-order valence-corrected chi connectivity index (χ0v) is 22.1. The summed E-state index contributed by atoms with van der Waals surface area (Å²) >= 11 is 0. The summed E-state index contributed by atoms with van der Waals surface area (Å²) in [5.41, 5.74) is 2.10. The molecule has 0 saturated carbocycles. The van der Waals surface area contributed by atoms with Crippen molar-refractivity contribution in [3.8, 4) is 6.01 Å². The van der Waals surface area contributed by atoms with Crippen LogP contribution in [0.5, 0.6) is 6.01 Å². The molecule has 4 aromatic rings. The minimum atomic E-state index is -0.579. The van der Waals surface area contributed by atoms with Gasteiger partial charge in [0.25, 0.3) is 5.91 Å². The summed E-state index contributed by atoms with van der Waals surface area (Å²) in [7, 11) is 0. The van der Waals surface area contributed by atoms with Gasteiger partial charge in [0.1, 0.15) is 5.82 Å². The molecule has 0 aliphatic carbocycles. The van der Waals surface area contributed by atoms with Crippen molar-refractivity contribution in [1.29, 1.82) is 0 Å². The van der Waals surface area contributed by atoms with Crippen molar-refractivity contribution in [2.45, 2.75) is 39.3 Å². The lowest BCUT2D eigenvalue weighted by Crippen LogP contribution is -2.54. The number of hydrogen-bond acceptors (Lipinski definition) is 9. The van der Waals surface area contributed by atoms with Gasteiger partial charge >= 0.3 is 6.01 Å². The number of pyridine rings is 1. The van der Waals surface area contributed by atoms with E-state index in [1.165, 1.54) is 16.8 Å². The van der Waals surface area contributed by atoms with Gasteiger partial charge in [-0.2, -0.15) is 10.1 Å². The van der Waals surface area contributed by atoms with Crippen LogP contribution < -0.4 is 20.3 Å². The first kappa shape index (κ1) is 25.4. The highest BCUT2D eigenvalue weighted by Gasteiger charge is 2.25. The predicted molar refractivity (Wildman–Crippen MR) is 144 cm³/mol. The van der Waals surface area contributed by atoms with E-state index >= 15 is 0 Å². The molecule has 1 amide bonds. The van der Waals surface area contributed by atoms with Gasteiger partial charge in [-0.25, -0.2) is 18.9 Å². The van der Waals surface area contributed by atoms with Gasteiger partial charge < -0.3 is 25.0 Å². The Balaban J connectivity index is 1.36. The number of nitrogens with zero attached hydrogens (tertiary/aromatic N) is 6. The first-order chi connectivity index (χ1) is 18.8. The Morgan fingerprint density at radius 2 is 2.08 bits per heavy atom. The summed E-state index contributed by atoms with van der Waals surface area (Å²) in [6.07, 6.45) is 4.18. The lowest BCUT2D eigenvalue weighted by molar-refractivity contribution is 0.102. The van der Waals surface area contributed by atoms with E-state index in [-0.39, 0.29) is 23.3 Å². The molecule has 0 spiro atoms. The third kappa shape index (κ3) is 5.21. The smallest absolute Gasteiger partial charge is 0.316 e. The minimum Gasteiger partial charge on any atom is -0.463 e. The van der Waals surface area contributed by atoms with Crippen molar-refractivity contribution in [2.75, 3.05) is 43.1 Å². The van der Waals surface area contributed by atoms with Crippen LogP contribution in [0, 0.1) is 18.7 Å². The van der Waals surface area contributed by atoms with Gasteiger partial charge in [0.05, 0.1) is 36.2 Å². The number of fused-ring (bicyclic) bond motifs is 2. The Morgan fingerprint density at radius 1 is 1.26 bits per heavy atom. The maximum atomic E-state index is 14.6. The van der Waals surface area contributed by atoms with Crippen LogP contribution in [0.1, 0.15) is 36.5 Å². The summed E-state index contributed by atoms with van der Waals surface area (Å²) in [6, 6.07) is 5.71. The summed E-state index contributed by atoms with van der Waals surface area (Å²) in [5, 5.41) is 11.2. The molecule has 3 aromatic heterocycles. The van der Waals surface area contributed by atoms with E-state index in [4.69, 9.17) is 9.47 Å². The molecule has 2 aliphatic rings. The van der Waals surface area contributed by atoms with Crippen LogP contribution in [0.25, 0.3) is 16.6 Å². The topological polar surface area (TPSA) is 119 Å². The molecule has 6 rings (SSSR count). The van der Waals surface area contributed by atoms with E-state index in [0.29, 0.717) is 42.2 Å². The maximum Gasteiger partial charge on any atom is 0.316 e. The molecule has 1 unspecified atom stereocenters. The number of aromatic nitrogens is 5. The van der Waals surface area contributed by atoms with E-state index in [1.807, 2.05) is 6.07 Å². The molecule has 204 valence electrons. The number of aryl methyl sites for hydroxylation is 1. The molecule has 0 radical (unpaired) electrons. The largest absolute Gasteiger partial charge is 0.463 e. The van der Waals surface area contributed by atoms with Crippen LogP contribution in [0.4, 0.5) is 15.8 Å². The van der Waals surface area contributed by atoms with E-state index in [1.54, 1.807) is 19.2 Å². The predicted octanol–water partition coefficient (Wildman–Crippen LogP) is 2.97. The van der Waals surface area contributed by atoms with Gasteiger partial charge in [-0.3, -0.25) is 4.79 Å². The number of hydrogen-bond donors (Lipinski definition) is 2. The molecule has 2 fully saturated rings. The van der Waals surface area contributed by atoms with Crippen LogP contribution in [-0.2, 0) is 4.74 Å². The van der Waals surface area contributed by atoms with Crippen molar-refractivity contribution in [1.82, 2.24) is 29.9 Å². The van der Waals surface area contributed by atoms with Crippen LogP contribution in [0.15, 0.2) is 30.6 Å². The van der Waals surface area contributed by atoms with Crippen LogP contribution in [-0.4, -0.2) is 75.5 Å². The number of rotatable bonds is 6. The molecule has 1 aromatic carbocycles. The van der Waals surface area contributed by atoms with Crippen molar-refractivity contribution in [2.24, 2.45) is 5.92 Å². The molecular formula is C27H31FN8O3. The Kier molecular flexibility index (Phi) is 6.73. The molecule has 39 heavy (non-hydrogen) atoms. The number of halogens is 1. The number of anilines is 2.